The van der Waals surface area contributed by atoms with E-state index >= 15 is 0 Å². The molecule has 5 heterocycles. The first-order chi connectivity index (χ1) is 15.4. The second kappa shape index (κ2) is 6.76. The van der Waals surface area contributed by atoms with E-state index in [0.29, 0.717) is 19.0 Å². The van der Waals surface area contributed by atoms with Gasteiger partial charge in [-0.05, 0) is 38.0 Å². The lowest BCUT2D eigenvalue weighted by Gasteiger charge is -2.34. The Bertz CT molecular complexity index is 1450. The number of nitrogens with one attached hydrogen (secondary N) is 2. The van der Waals surface area contributed by atoms with Crippen LogP contribution in [-0.4, -0.2) is 60.8 Å². The van der Waals surface area contributed by atoms with Crippen molar-refractivity contribution < 1.29 is 8.95 Å². The predicted molar refractivity (Wildman–Crippen MR) is 124 cm³/mol. The number of nitrogens with zero attached hydrogens (tertiary/aromatic N) is 5. The molecular weight excluding hydrogens is 426 g/mol. The summed E-state index contributed by atoms with van der Waals surface area (Å²) in [6, 6.07) is 6.08. The van der Waals surface area contributed by atoms with Crippen LogP contribution in [-0.2, 0) is 19.3 Å². The lowest BCUT2D eigenvalue weighted by molar-refractivity contribution is 0.0987. The van der Waals surface area contributed by atoms with Gasteiger partial charge in [0.15, 0.2) is 5.82 Å². The van der Waals surface area contributed by atoms with Gasteiger partial charge in [0.2, 0.25) is 0 Å². The topological polar surface area (TPSA) is 113 Å². The van der Waals surface area contributed by atoms with Crippen LogP contribution in [0, 0.1) is 4.78 Å². The average Bonchev–Trinajstić information content (AvgIpc) is 3.26. The quantitative estimate of drug-likeness (QED) is 0.492. The van der Waals surface area contributed by atoms with E-state index in [-0.39, 0.29) is 6.04 Å². The first-order valence-corrected chi connectivity index (χ1v) is 12.8. The zero-order valence-corrected chi connectivity index (χ0v) is 18.9. The average molecular weight is 452 g/mol. The van der Waals surface area contributed by atoms with Gasteiger partial charge < -0.3 is 19.2 Å². The Morgan fingerprint density at radius 1 is 1.25 bits per heavy atom. The van der Waals surface area contributed by atoms with Crippen LogP contribution < -0.4 is 4.90 Å². The minimum absolute atomic E-state index is 0.171. The fourth-order valence-electron chi connectivity index (χ4n) is 4.79. The zero-order valence-electron chi connectivity index (χ0n) is 18.0. The normalized spacial score (nSPS) is 22.3. The molecule has 0 spiro atoms. The first-order valence-electron chi connectivity index (χ1n) is 10.8. The van der Waals surface area contributed by atoms with Gasteiger partial charge in [-0.3, -0.25) is 4.78 Å². The summed E-state index contributed by atoms with van der Waals surface area (Å²) >= 11 is 0. The van der Waals surface area contributed by atoms with Gasteiger partial charge in [0.1, 0.15) is 22.0 Å². The number of H-pyrrole nitrogens is 1. The van der Waals surface area contributed by atoms with Crippen LogP contribution in [0.25, 0.3) is 33.5 Å². The molecule has 1 unspecified atom stereocenters. The number of aromatic amines is 1. The maximum absolute atomic E-state index is 12.9. The fraction of sp³-hybridized carbons (Fsp3) is 0.409. The van der Waals surface area contributed by atoms with Crippen LogP contribution in [0.3, 0.4) is 0 Å². The highest BCUT2D eigenvalue weighted by Crippen LogP contribution is 2.50. The van der Waals surface area contributed by atoms with E-state index in [9.17, 15) is 4.21 Å². The van der Waals surface area contributed by atoms with Gasteiger partial charge in [0, 0.05) is 42.3 Å². The Labute approximate surface area is 185 Å². The van der Waals surface area contributed by atoms with Crippen molar-refractivity contribution in [1.82, 2.24) is 24.5 Å². The van der Waals surface area contributed by atoms with Gasteiger partial charge in [-0.1, -0.05) is 0 Å². The van der Waals surface area contributed by atoms with Crippen LogP contribution >= 0.6 is 0 Å². The van der Waals surface area contributed by atoms with Crippen molar-refractivity contribution in [3.05, 3.63) is 36.8 Å². The van der Waals surface area contributed by atoms with Gasteiger partial charge >= 0.3 is 0 Å². The summed E-state index contributed by atoms with van der Waals surface area (Å²) in [6.45, 7) is 4.15. The summed E-state index contributed by atoms with van der Waals surface area (Å²) in [4.78, 5) is 19.1. The first kappa shape index (κ1) is 19.7. The molecule has 1 saturated carbocycles. The third-order valence-electron chi connectivity index (χ3n) is 6.71. The number of rotatable bonds is 4. The van der Waals surface area contributed by atoms with Gasteiger partial charge in [-0.15, -0.1) is 0 Å². The number of aromatic nitrogens is 5. The number of hydrogen-bond acceptors (Lipinski definition) is 7. The maximum Gasteiger partial charge on any atom is 0.164 e. The monoisotopic (exact) mass is 451 g/mol. The minimum Gasteiger partial charge on any atom is -0.377 e. The number of hydrogen-bond donors (Lipinski definition) is 2. The number of morpholine rings is 1. The van der Waals surface area contributed by atoms with Crippen molar-refractivity contribution in [2.24, 2.45) is 0 Å². The van der Waals surface area contributed by atoms with Crippen molar-refractivity contribution in [1.29, 1.82) is 4.78 Å². The molecule has 2 atom stereocenters. The molecule has 0 aromatic carbocycles. The number of ether oxygens (including phenoxy) is 1. The van der Waals surface area contributed by atoms with Crippen LogP contribution in [0.1, 0.15) is 19.8 Å². The third kappa shape index (κ3) is 2.79. The fourth-order valence-corrected chi connectivity index (χ4v) is 6.19. The molecule has 1 aliphatic heterocycles. The Balaban J connectivity index is 1.64. The van der Waals surface area contributed by atoms with Crippen molar-refractivity contribution in [2.75, 3.05) is 30.9 Å². The molecule has 9 nitrogen and oxygen atoms in total. The minimum atomic E-state index is -2.80. The number of pyridine rings is 1. The maximum atomic E-state index is 12.9. The van der Waals surface area contributed by atoms with Crippen molar-refractivity contribution >= 4 is 37.6 Å². The molecule has 2 aliphatic rings. The largest absolute Gasteiger partial charge is 0.377 e. The molecule has 4 aromatic heterocycles. The van der Waals surface area contributed by atoms with E-state index in [1.165, 1.54) is 6.26 Å². The van der Waals surface area contributed by atoms with Gasteiger partial charge in [0.25, 0.3) is 0 Å². The highest BCUT2D eigenvalue weighted by atomic mass is 32.2. The molecule has 0 amide bonds. The molecule has 166 valence electrons. The molecule has 4 aromatic rings. The summed E-state index contributed by atoms with van der Waals surface area (Å²) < 4.78 is 28.9. The third-order valence-corrected chi connectivity index (χ3v) is 8.76. The molecule has 1 saturated heterocycles. The van der Waals surface area contributed by atoms with E-state index in [4.69, 9.17) is 19.5 Å². The molecule has 0 radical (unpaired) electrons. The summed E-state index contributed by atoms with van der Waals surface area (Å²) in [5, 5.41) is 1.86. The molecule has 2 N–H and O–H groups in total. The lowest BCUT2D eigenvalue weighted by Crippen LogP contribution is -2.44. The number of anilines is 1. The predicted octanol–water partition coefficient (Wildman–Crippen LogP) is 3.32. The summed E-state index contributed by atoms with van der Waals surface area (Å²) in [6.07, 6.45) is 8.51. The molecule has 0 bridgehead atoms. The van der Waals surface area contributed by atoms with Crippen LogP contribution in [0.2, 0.25) is 0 Å². The molecular formula is C22H25N7O2S. The summed E-state index contributed by atoms with van der Waals surface area (Å²) in [5.74, 6) is 1.45. The molecule has 10 heteroatoms. The Morgan fingerprint density at radius 2 is 2.09 bits per heavy atom. The van der Waals surface area contributed by atoms with E-state index < -0.39 is 14.6 Å². The van der Waals surface area contributed by atoms with Gasteiger partial charge in [-0.2, -0.15) is 0 Å². The SMILES string of the molecule is C[C@@H]1COCCN1c1nc(-c2ccnc3[nH]ccc23)nc2c1ccn2C1(S(C)(=N)=O)CC1. The Hall–Kier alpha value is -2.98. The highest BCUT2D eigenvalue weighted by molar-refractivity contribution is 7.92. The van der Waals surface area contributed by atoms with E-state index in [2.05, 4.69) is 21.8 Å². The van der Waals surface area contributed by atoms with Crippen molar-refractivity contribution in [2.45, 2.75) is 30.7 Å². The Morgan fingerprint density at radius 3 is 2.84 bits per heavy atom. The standard InChI is InChI=1S/C22H25N7O2S/c1-14-13-31-12-11-28(14)20-17-5-10-29(22(6-7-22)32(2,23)30)21(17)27-19(26-20)16-4-9-25-18-15(16)3-8-24-18/h3-5,8-10,14,23H,6-7,11-13H2,1-2H3,(H,24,25)/t14-,32?/m1/s1. The van der Waals surface area contributed by atoms with Crippen LogP contribution in [0.5, 0.6) is 0 Å². The van der Waals surface area contributed by atoms with Gasteiger partial charge in [-0.25, -0.2) is 19.2 Å². The van der Waals surface area contributed by atoms with Crippen LogP contribution in [0.4, 0.5) is 5.82 Å². The highest BCUT2D eigenvalue weighted by Gasteiger charge is 2.52. The lowest BCUT2D eigenvalue weighted by atomic mass is 10.1. The summed E-state index contributed by atoms with van der Waals surface area (Å²) in [7, 11) is -2.80. The van der Waals surface area contributed by atoms with Crippen molar-refractivity contribution in [3.8, 4) is 11.4 Å². The van der Waals surface area contributed by atoms with Crippen LogP contribution in [0.15, 0.2) is 36.8 Å². The second-order valence-electron chi connectivity index (χ2n) is 8.80. The number of fused-ring (bicyclic) bond motifs is 2. The summed E-state index contributed by atoms with van der Waals surface area (Å²) in [5.41, 5.74) is 2.40. The van der Waals surface area contributed by atoms with E-state index in [0.717, 1.165) is 52.8 Å². The molecule has 32 heavy (non-hydrogen) atoms. The molecule has 1 aliphatic carbocycles. The van der Waals surface area contributed by atoms with E-state index in [1.54, 1.807) is 6.20 Å². The van der Waals surface area contributed by atoms with Crippen molar-refractivity contribution in [3.63, 3.8) is 0 Å². The Kier molecular flexibility index (Phi) is 4.16. The molecule has 2 fully saturated rings. The zero-order chi connectivity index (χ0) is 22.1. The second-order valence-corrected chi connectivity index (χ2v) is 11.2. The van der Waals surface area contributed by atoms with E-state index in [1.807, 2.05) is 35.2 Å². The smallest absolute Gasteiger partial charge is 0.164 e. The molecule has 6 rings (SSSR count). The van der Waals surface area contributed by atoms with Gasteiger partial charge in [0.05, 0.1) is 34.4 Å².